The molecule has 0 amide bonds. The van der Waals surface area contributed by atoms with Crippen LogP contribution in [-0.4, -0.2) is 15.8 Å². The molecule has 1 N–H and O–H groups in total. The number of rotatable bonds is 4. The number of pyridine rings is 1. The molecule has 2 rings (SSSR count). The molecule has 0 radical (unpaired) electrons. The van der Waals surface area contributed by atoms with E-state index in [9.17, 15) is 5.11 Å². The molecule has 18 heavy (non-hydrogen) atoms. The Kier molecular flexibility index (Phi) is 4.43. The van der Waals surface area contributed by atoms with Gasteiger partial charge in [-0.25, -0.2) is 4.98 Å². The van der Waals surface area contributed by atoms with E-state index in [1.165, 1.54) is 0 Å². The summed E-state index contributed by atoms with van der Waals surface area (Å²) in [5.74, 6) is 0.562. The molecule has 0 aliphatic carbocycles. The zero-order valence-corrected chi connectivity index (χ0v) is 12.4. The molecule has 1 heterocycles. The second-order valence-electron chi connectivity index (χ2n) is 4.22. The first-order valence-corrected chi connectivity index (χ1v) is 7.39. The van der Waals surface area contributed by atoms with Crippen LogP contribution in [0.4, 0.5) is 0 Å². The Balaban J connectivity index is 2.08. The highest BCUT2D eigenvalue weighted by Gasteiger charge is 2.23. The van der Waals surface area contributed by atoms with Gasteiger partial charge in [-0.15, -0.1) is 11.8 Å². The van der Waals surface area contributed by atoms with Crippen molar-refractivity contribution in [3.63, 3.8) is 0 Å². The van der Waals surface area contributed by atoms with Gasteiger partial charge < -0.3 is 5.11 Å². The van der Waals surface area contributed by atoms with E-state index in [1.54, 1.807) is 18.0 Å². The van der Waals surface area contributed by atoms with E-state index in [0.29, 0.717) is 5.75 Å². The van der Waals surface area contributed by atoms with Crippen molar-refractivity contribution in [2.45, 2.75) is 17.6 Å². The summed E-state index contributed by atoms with van der Waals surface area (Å²) in [7, 11) is 0. The minimum absolute atomic E-state index is 0.562. The topological polar surface area (TPSA) is 33.1 Å². The SMILES string of the molecule is CC(O)(CSc1ncccc1Br)c1ccccc1. The fourth-order valence-corrected chi connectivity index (χ4v) is 3.09. The van der Waals surface area contributed by atoms with Crippen LogP contribution in [0.15, 0.2) is 58.2 Å². The molecular weight excluding hydrogens is 310 g/mol. The molecule has 2 nitrogen and oxygen atoms in total. The molecular formula is C14H14BrNOS. The summed E-state index contributed by atoms with van der Waals surface area (Å²) in [6, 6.07) is 13.5. The number of thioether (sulfide) groups is 1. The summed E-state index contributed by atoms with van der Waals surface area (Å²) in [6.07, 6.45) is 1.75. The number of halogens is 1. The third-order valence-electron chi connectivity index (χ3n) is 2.61. The average molecular weight is 324 g/mol. The number of nitrogens with zero attached hydrogens (tertiary/aromatic N) is 1. The van der Waals surface area contributed by atoms with Gasteiger partial charge in [0.05, 0.1) is 5.60 Å². The Bertz CT molecular complexity index is 516. The largest absolute Gasteiger partial charge is 0.385 e. The first kappa shape index (κ1) is 13.6. The van der Waals surface area contributed by atoms with E-state index in [4.69, 9.17) is 0 Å². The number of hydrogen-bond acceptors (Lipinski definition) is 3. The maximum absolute atomic E-state index is 10.5. The summed E-state index contributed by atoms with van der Waals surface area (Å²) < 4.78 is 0.957. The van der Waals surface area contributed by atoms with Crippen LogP contribution in [-0.2, 0) is 5.60 Å². The van der Waals surface area contributed by atoms with Gasteiger partial charge in [-0.1, -0.05) is 30.3 Å². The third-order valence-corrected chi connectivity index (χ3v) is 4.82. The molecule has 0 spiro atoms. The highest BCUT2D eigenvalue weighted by atomic mass is 79.9. The Morgan fingerprint density at radius 2 is 1.94 bits per heavy atom. The lowest BCUT2D eigenvalue weighted by Gasteiger charge is -2.23. The number of aromatic nitrogens is 1. The zero-order valence-electron chi connectivity index (χ0n) is 10.0. The van der Waals surface area contributed by atoms with E-state index >= 15 is 0 Å². The minimum Gasteiger partial charge on any atom is -0.385 e. The molecule has 0 saturated heterocycles. The van der Waals surface area contributed by atoms with Crippen molar-refractivity contribution in [1.29, 1.82) is 0 Å². The molecule has 1 aromatic heterocycles. The molecule has 2 aromatic rings. The van der Waals surface area contributed by atoms with Crippen molar-refractivity contribution in [1.82, 2.24) is 4.98 Å². The van der Waals surface area contributed by atoms with Crippen LogP contribution < -0.4 is 0 Å². The van der Waals surface area contributed by atoms with Gasteiger partial charge in [0, 0.05) is 16.4 Å². The summed E-state index contributed by atoms with van der Waals surface area (Å²) in [6.45, 7) is 1.83. The van der Waals surface area contributed by atoms with E-state index in [0.717, 1.165) is 15.1 Å². The van der Waals surface area contributed by atoms with Crippen LogP contribution in [0.3, 0.4) is 0 Å². The summed E-state index contributed by atoms with van der Waals surface area (Å²) in [5.41, 5.74) is 0.0626. The highest BCUT2D eigenvalue weighted by molar-refractivity contribution is 9.10. The van der Waals surface area contributed by atoms with Gasteiger partial charge in [-0.3, -0.25) is 0 Å². The normalized spacial score (nSPS) is 14.2. The fraction of sp³-hybridized carbons (Fsp3) is 0.214. The quantitative estimate of drug-likeness (QED) is 0.868. The Morgan fingerprint density at radius 1 is 1.22 bits per heavy atom. The Labute approximate surface area is 120 Å². The molecule has 1 unspecified atom stereocenters. The lowest BCUT2D eigenvalue weighted by atomic mass is 9.99. The molecule has 0 saturated carbocycles. The second kappa shape index (κ2) is 5.87. The van der Waals surface area contributed by atoms with Gasteiger partial charge >= 0.3 is 0 Å². The molecule has 0 aliphatic heterocycles. The molecule has 1 atom stereocenters. The van der Waals surface area contributed by atoms with Crippen LogP contribution >= 0.6 is 27.7 Å². The lowest BCUT2D eigenvalue weighted by Crippen LogP contribution is -2.24. The molecule has 1 aromatic carbocycles. The first-order chi connectivity index (χ1) is 8.59. The van der Waals surface area contributed by atoms with Crippen molar-refractivity contribution in [2.75, 3.05) is 5.75 Å². The van der Waals surface area contributed by atoms with Crippen LogP contribution in [0, 0.1) is 0 Å². The maximum atomic E-state index is 10.5. The zero-order chi connectivity index (χ0) is 13.0. The van der Waals surface area contributed by atoms with Crippen molar-refractivity contribution >= 4 is 27.7 Å². The summed E-state index contributed by atoms with van der Waals surface area (Å²) in [4.78, 5) is 4.28. The van der Waals surface area contributed by atoms with Crippen LogP contribution in [0.5, 0.6) is 0 Å². The number of benzene rings is 1. The second-order valence-corrected chi connectivity index (χ2v) is 6.04. The van der Waals surface area contributed by atoms with Crippen molar-refractivity contribution < 1.29 is 5.11 Å². The van der Waals surface area contributed by atoms with Crippen LogP contribution in [0.2, 0.25) is 0 Å². The van der Waals surface area contributed by atoms with Gasteiger partial charge in [0.1, 0.15) is 5.03 Å². The van der Waals surface area contributed by atoms with Crippen molar-refractivity contribution in [2.24, 2.45) is 0 Å². The predicted molar refractivity (Wildman–Crippen MR) is 78.7 cm³/mol. The lowest BCUT2D eigenvalue weighted by molar-refractivity contribution is 0.0839. The van der Waals surface area contributed by atoms with E-state index in [-0.39, 0.29) is 0 Å². The molecule has 0 bridgehead atoms. The van der Waals surface area contributed by atoms with E-state index in [2.05, 4.69) is 20.9 Å². The minimum atomic E-state index is -0.858. The monoisotopic (exact) mass is 323 g/mol. The smallest absolute Gasteiger partial charge is 0.110 e. The third kappa shape index (κ3) is 3.34. The van der Waals surface area contributed by atoms with Crippen molar-refractivity contribution in [3.8, 4) is 0 Å². The van der Waals surface area contributed by atoms with E-state index < -0.39 is 5.60 Å². The first-order valence-electron chi connectivity index (χ1n) is 5.61. The van der Waals surface area contributed by atoms with Gasteiger partial charge in [-0.05, 0) is 40.5 Å². The Morgan fingerprint density at radius 3 is 2.61 bits per heavy atom. The molecule has 94 valence electrons. The number of hydrogen-bond donors (Lipinski definition) is 1. The molecule has 0 fully saturated rings. The van der Waals surface area contributed by atoms with Gasteiger partial charge in [0.25, 0.3) is 0 Å². The summed E-state index contributed by atoms with van der Waals surface area (Å²) in [5, 5.41) is 11.4. The Hall–Kier alpha value is -0.840. The molecule has 4 heteroatoms. The molecule has 0 aliphatic rings. The fourth-order valence-electron chi connectivity index (χ4n) is 1.57. The van der Waals surface area contributed by atoms with Gasteiger partial charge in [0.15, 0.2) is 0 Å². The summed E-state index contributed by atoms with van der Waals surface area (Å²) >= 11 is 5.00. The van der Waals surface area contributed by atoms with Crippen LogP contribution in [0.1, 0.15) is 12.5 Å². The average Bonchev–Trinajstić information content (AvgIpc) is 2.39. The maximum Gasteiger partial charge on any atom is 0.110 e. The standard InChI is InChI=1S/C14H14BrNOS/c1-14(17,11-6-3-2-4-7-11)10-18-13-12(15)8-5-9-16-13/h2-9,17H,10H2,1H3. The highest BCUT2D eigenvalue weighted by Crippen LogP contribution is 2.31. The van der Waals surface area contributed by atoms with Crippen LogP contribution in [0.25, 0.3) is 0 Å². The van der Waals surface area contributed by atoms with E-state index in [1.807, 2.05) is 49.4 Å². The predicted octanol–water partition coefficient (Wildman–Crippen LogP) is 3.84. The van der Waals surface area contributed by atoms with Gasteiger partial charge in [-0.2, -0.15) is 0 Å². The van der Waals surface area contributed by atoms with Crippen molar-refractivity contribution in [3.05, 3.63) is 58.7 Å². The van der Waals surface area contributed by atoms with Gasteiger partial charge in [0.2, 0.25) is 0 Å². The number of aliphatic hydroxyl groups is 1.